The van der Waals surface area contributed by atoms with Gasteiger partial charge in [-0.25, -0.2) is 0 Å². The molecule has 1 unspecified atom stereocenters. The molecular weight excluding hydrogens is 224 g/mol. The molecule has 0 amide bonds. The third-order valence-corrected chi connectivity index (χ3v) is 2.95. The van der Waals surface area contributed by atoms with Crippen molar-refractivity contribution in [2.75, 3.05) is 5.32 Å². The Morgan fingerprint density at radius 3 is 2.78 bits per heavy atom. The van der Waals surface area contributed by atoms with Crippen molar-refractivity contribution in [2.45, 2.75) is 19.9 Å². The van der Waals surface area contributed by atoms with Crippen LogP contribution in [0.2, 0.25) is 0 Å². The number of nitrogens with one attached hydrogen (secondary N) is 1. The summed E-state index contributed by atoms with van der Waals surface area (Å²) in [4.78, 5) is 0. The smallest absolute Gasteiger partial charge is 0.0994 e. The number of hydrogen-bond acceptors (Lipinski definition) is 3. The summed E-state index contributed by atoms with van der Waals surface area (Å²) in [6, 6.07) is 8.12. The molecule has 2 aromatic rings. The van der Waals surface area contributed by atoms with Gasteiger partial charge < -0.3 is 5.32 Å². The summed E-state index contributed by atoms with van der Waals surface area (Å²) in [7, 11) is 1.90. The van der Waals surface area contributed by atoms with E-state index in [0.717, 1.165) is 22.4 Å². The Labute approximate surface area is 107 Å². The Morgan fingerprint density at radius 1 is 1.44 bits per heavy atom. The van der Waals surface area contributed by atoms with Gasteiger partial charge >= 0.3 is 0 Å². The van der Waals surface area contributed by atoms with Gasteiger partial charge in [0.05, 0.1) is 23.9 Å². The molecule has 1 atom stereocenters. The van der Waals surface area contributed by atoms with Crippen LogP contribution in [0.15, 0.2) is 30.6 Å². The fourth-order valence-corrected chi connectivity index (χ4v) is 1.88. The van der Waals surface area contributed by atoms with Crippen molar-refractivity contribution in [1.29, 1.82) is 5.26 Å². The topological polar surface area (TPSA) is 53.6 Å². The minimum atomic E-state index is 0.186. The lowest BCUT2D eigenvalue weighted by molar-refractivity contribution is 0.765. The van der Waals surface area contributed by atoms with Crippen molar-refractivity contribution < 1.29 is 0 Å². The van der Waals surface area contributed by atoms with Gasteiger partial charge in [0, 0.05) is 24.5 Å². The number of aromatic nitrogens is 2. The first kappa shape index (κ1) is 12.2. The Bertz CT molecular complexity index is 592. The van der Waals surface area contributed by atoms with Crippen LogP contribution in [0.5, 0.6) is 0 Å². The van der Waals surface area contributed by atoms with Gasteiger partial charge in [-0.2, -0.15) is 10.4 Å². The van der Waals surface area contributed by atoms with E-state index in [-0.39, 0.29) is 6.04 Å². The van der Waals surface area contributed by atoms with E-state index in [1.807, 2.05) is 44.6 Å². The molecule has 1 aromatic heterocycles. The third kappa shape index (κ3) is 2.51. The van der Waals surface area contributed by atoms with Crippen molar-refractivity contribution in [1.82, 2.24) is 9.78 Å². The van der Waals surface area contributed by atoms with E-state index in [2.05, 4.69) is 23.4 Å². The van der Waals surface area contributed by atoms with Gasteiger partial charge in [-0.1, -0.05) is 0 Å². The van der Waals surface area contributed by atoms with Crippen molar-refractivity contribution in [3.63, 3.8) is 0 Å². The molecule has 0 aliphatic rings. The minimum absolute atomic E-state index is 0.186. The highest BCUT2D eigenvalue weighted by molar-refractivity contribution is 5.52. The summed E-state index contributed by atoms with van der Waals surface area (Å²) in [6.07, 6.45) is 3.85. The largest absolute Gasteiger partial charge is 0.378 e. The molecule has 1 aromatic carbocycles. The second-order valence-electron chi connectivity index (χ2n) is 4.45. The number of rotatable bonds is 3. The van der Waals surface area contributed by atoms with Crippen LogP contribution in [0.4, 0.5) is 5.69 Å². The molecule has 4 heteroatoms. The van der Waals surface area contributed by atoms with E-state index in [9.17, 15) is 0 Å². The van der Waals surface area contributed by atoms with E-state index < -0.39 is 0 Å². The van der Waals surface area contributed by atoms with Crippen LogP contribution >= 0.6 is 0 Å². The van der Waals surface area contributed by atoms with Crippen LogP contribution in [0.3, 0.4) is 0 Å². The molecule has 18 heavy (non-hydrogen) atoms. The fraction of sp³-hybridized carbons (Fsp3) is 0.286. The van der Waals surface area contributed by atoms with Crippen LogP contribution < -0.4 is 5.32 Å². The van der Waals surface area contributed by atoms with Crippen LogP contribution in [0.1, 0.15) is 29.7 Å². The molecular formula is C14H16N4. The first-order valence-electron chi connectivity index (χ1n) is 5.86. The molecule has 0 saturated heterocycles. The molecule has 0 saturated carbocycles. The average molecular weight is 240 g/mol. The number of hydrogen-bond donors (Lipinski definition) is 1. The van der Waals surface area contributed by atoms with Gasteiger partial charge in [0.15, 0.2) is 0 Å². The molecule has 0 radical (unpaired) electrons. The highest BCUT2D eigenvalue weighted by atomic mass is 15.2. The van der Waals surface area contributed by atoms with Gasteiger partial charge in [-0.15, -0.1) is 0 Å². The van der Waals surface area contributed by atoms with Crippen molar-refractivity contribution in [2.24, 2.45) is 7.05 Å². The highest BCUT2D eigenvalue weighted by Gasteiger charge is 2.08. The summed E-state index contributed by atoms with van der Waals surface area (Å²) in [5.41, 5.74) is 3.86. The van der Waals surface area contributed by atoms with E-state index in [1.165, 1.54) is 0 Å². The van der Waals surface area contributed by atoms with Crippen molar-refractivity contribution in [3.05, 3.63) is 47.3 Å². The van der Waals surface area contributed by atoms with E-state index in [1.54, 1.807) is 4.68 Å². The SMILES string of the molecule is Cc1cc(NC(C)c2cnn(C)c2)ccc1C#N. The number of nitriles is 1. The summed E-state index contributed by atoms with van der Waals surface area (Å²) in [5.74, 6) is 0. The van der Waals surface area contributed by atoms with Crippen LogP contribution in [-0.4, -0.2) is 9.78 Å². The van der Waals surface area contributed by atoms with Gasteiger partial charge in [-0.05, 0) is 37.6 Å². The summed E-state index contributed by atoms with van der Waals surface area (Å²) < 4.78 is 1.79. The molecule has 1 N–H and O–H groups in total. The molecule has 4 nitrogen and oxygen atoms in total. The quantitative estimate of drug-likeness (QED) is 0.897. The summed E-state index contributed by atoms with van der Waals surface area (Å²) in [6.45, 7) is 4.03. The maximum Gasteiger partial charge on any atom is 0.0994 e. The average Bonchev–Trinajstić information content (AvgIpc) is 2.76. The van der Waals surface area contributed by atoms with Crippen molar-refractivity contribution in [3.8, 4) is 6.07 Å². The standard InChI is InChI=1S/C14H16N4/c1-10-6-14(5-4-12(10)7-15)17-11(2)13-8-16-18(3)9-13/h4-6,8-9,11,17H,1-3H3. The Morgan fingerprint density at radius 2 is 2.22 bits per heavy atom. The fourth-order valence-electron chi connectivity index (χ4n) is 1.88. The monoisotopic (exact) mass is 240 g/mol. The Balaban J connectivity index is 2.15. The molecule has 0 fully saturated rings. The van der Waals surface area contributed by atoms with Gasteiger partial charge in [0.25, 0.3) is 0 Å². The number of aryl methyl sites for hydroxylation is 2. The lowest BCUT2D eigenvalue weighted by Crippen LogP contribution is -2.06. The Kier molecular flexibility index (Phi) is 3.33. The zero-order valence-corrected chi connectivity index (χ0v) is 10.8. The first-order chi connectivity index (χ1) is 8.60. The van der Waals surface area contributed by atoms with Gasteiger partial charge in [-0.3, -0.25) is 4.68 Å². The predicted octanol–water partition coefficient (Wildman–Crippen LogP) is 2.77. The highest BCUT2D eigenvalue weighted by Crippen LogP contribution is 2.20. The van der Waals surface area contributed by atoms with Gasteiger partial charge in [0.2, 0.25) is 0 Å². The summed E-state index contributed by atoms with van der Waals surface area (Å²) >= 11 is 0. The number of anilines is 1. The van der Waals surface area contributed by atoms with Crippen molar-refractivity contribution >= 4 is 5.69 Å². The molecule has 1 heterocycles. The maximum atomic E-state index is 8.89. The number of benzene rings is 1. The van der Waals surface area contributed by atoms with Gasteiger partial charge in [0.1, 0.15) is 0 Å². The molecule has 0 bridgehead atoms. The zero-order chi connectivity index (χ0) is 13.1. The Hall–Kier alpha value is -2.28. The van der Waals surface area contributed by atoms with E-state index in [0.29, 0.717) is 0 Å². The molecule has 0 aliphatic carbocycles. The zero-order valence-electron chi connectivity index (χ0n) is 10.8. The van der Waals surface area contributed by atoms with Crippen LogP contribution in [0, 0.1) is 18.3 Å². The van der Waals surface area contributed by atoms with Crippen LogP contribution in [0.25, 0.3) is 0 Å². The molecule has 0 spiro atoms. The first-order valence-corrected chi connectivity index (χ1v) is 5.86. The molecule has 0 aliphatic heterocycles. The van der Waals surface area contributed by atoms with E-state index in [4.69, 9.17) is 5.26 Å². The normalized spacial score (nSPS) is 11.9. The maximum absolute atomic E-state index is 8.89. The van der Waals surface area contributed by atoms with Crippen LogP contribution in [-0.2, 0) is 7.05 Å². The molecule has 2 rings (SSSR count). The predicted molar refractivity (Wildman–Crippen MR) is 71.1 cm³/mol. The third-order valence-electron chi connectivity index (χ3n) is 2.95. The lowest BCUT2D eigenvalue weighted by Gasteiger charge is -2.14. The second-order valence-corrected chi connectivity index (χ2v) is 4.45. The van der Waals surface area contributed by atoms with E-state index >= 15 is 0 Å². The second kappa shape index (κ2) is 4.92. The molecule has 92 valence electrons. The minimum Gasteiger partial charge on any atom is -0.378 e. The number of nitrogens with zero attached hydrogens (tertiary/aromatic N) is 3. The lowest BCUT2D eigenvalue weighted by atomic mass is 10.1. The summed E-state index contributed by atoms with van der Waals surface area (Å²) in [5, 5.41) is 16.4.